The summed E-state index contributed by atoms with van der Waals surface area (Å²) in [6, 6.07) is 9.68. The molecule has 7 nitrogen and oxygen atoms in total. The molecule has 0 saturated heterocycles. The minimum Gasteiger partial charge on any atom is -0.296 e. The number of anilines is 1. The van der Waals surface area contributed by atoms with Crippen LogP contribution in [0.15, 0.2) is 35.1 Å². The van der Waals surface area contributed by atoms with Gasteiger partial charge in [-0.25, -0.2) is 4.98 Å². The van der Waals surface area contributed by atoms with Crippen molar-refractivity contribution < 1.29 is 4.79 Å². The maximum Gasteiger partial charge on any atom is 0.267 e. The molecule has 0 saturated carbocycles. The molecule has 1 aliphatic rings. The second kappa shape index (κ2) is 6.61. The molecule has 28 heavy (non-hydrogen) atoms. The molecule has 0 fully saturated rings. The molecule has 0 unspecified atom stereocenters. The molecule has 0 radical (unpaired) electrons. The topological polar surface area (TPSA) is 89.8 Å². The van der Waals surface area contributed by atoms with Gasteiger partial charge in [0.1, 0.15) is 15.7 Å². The minimum absolute atomic E-state index is 0.0485. The van der Waals surface area contributed by atoms with Gasteiger partial charge in [0, 0.05) is 18.5 Å². The fraction of sp³-hybridized carbons (Fsp3) is 0.211. The number of fused-ring (bicyclic) bond motifs is 2. The number of benzene rings is 1. The summed E-state index contributed by atoms with van der Waals surface area (Å²) in [5.74, 6) is 0.517. The molecule has 1 N–H and O–H groups in total. The standard InChI is InChI=1S/C19H15N5O2S2/c1-10-13-17(20-12-8-5-9-24(12)18(13)26)27-14(10)15(25)21-19-23-22-16(28-19)11-6-3-2-4-7-11/h2-4,6-7H,5,8-9H2,1H3,(H,21,23,25). The van der Waals surface area contributed by atoms with Gasteiger partial charge in [0.2, 0.25) is 5.13 Å². The van der Waals surface area contributed by atoms with Crippen LogP contribution in [0.2, 0.25) is 0 Å². The van der Waals surface area contributed by atoms with Gasteiger partial charge in [0.15, 0.2) is 0 Å². The molecule has 4 heterocycles. The van der Waals surface area contributed by atoms with Crippen molar-refractivity contribution in [3.05, 3.63) is 57.0 Å². The number of hydrogen-bond acceptors (Lipinski definition) is 7. The predicted octanol–water partition coefficient (Wildman–Crippen LogP) is 3.48. The summed E-state index contributed by atoms with van der Waals surface area (Å²) in [6.07, 6.45) is 1.74. The lowest BCUT2D eigenvalue weighted by Gasteiger charge is -2.02. The summed E-state index contributed by atoms with van der Waals surface area (Å²) in [5.41, 5.74) is 1.57. The summed E-state index contributed by atoms with van der Waals surface area (Å²) in [6.45, 7) is 2.50. The van der Waals surface area contributed by atoms with Crippen molar-refractivity contribution in [3.8, 4) is 10.6 Å². The number of nitrogens with one attached hydrogen (secondary N) is 1. The lowest BCUT2D eigenvalue weighted by atomic mass is 10.2. The lowest BCUT2D eigenvalue weighted by molar-refractivity contribution is 0.103. The Morgan fingerprint density at radius 1 is 1.18 bits per heavy atom. The number of hydrogen-bond donors (Lipinski definition) is 1. The molecule has 1 aromatic carbocycles. The van der Waals surface area contributed by atoms with Crippen LogP contribution in [0.3, 0.4) is 0 Å². The predicted molar refractivity (Wildman–Crippen MR) is 110 cm³/mol. The van der Waals surface area contributed by atoms with Crippen molar-refractivity contribution >= 4 is 43.9 Å². The largest absolute Gasteiger partial charge is 0.296 e. The minimum atomic E-state index is -0.291. The van der Waals surface area contributed by atoms with Gasteiger partial charge in [-0.1, -0.05) is 41.7 Å². The van der Waals surface area contributed by atoms with Crippen LogP contribution < -0.4 is 10.9 Å². The number of carbonyl (C=O) groups is 1. The second-order valence-corrected chi connectivity index (χ2v) is 8.53. The maximum absolute atomic E-state index is 12.8. The van der Waals surface area contributed by atoms with E-state index in [4.69, 9.17) is 0 Å². The molecular weight excluding hydrogens is 394 g/mol. The van der Waals surface area contributed by atoms with Crippen molar-refractivity contribution in [3.63, 3.8) is 0 Å². The smallest absolute Gasteiger partial charge is 0.267 e. The van der Waals surface area contributed by atoms with Gasteiger partial charge >= 0.3 is 0 Å². The monoisotopic (exact) mass is 409 g/mol. The van der Waals surface area contributed by atoms with Gasteiger partial charge in [0.25, 0.3) is 11.5 Å². The van der Waals surface area contributed by atoms with Crippen LogP contribution in [-0.2, 0) is 13.0 Å². The summed E-state index contributed by atoms with van der Waals surface area (Å²) in [4.78, 5) is 31.3. The number of carbonyl (C=O) groups excluding carboxylic acids is 1. The Labute approximate surface area is 167 Å². The van der Waals surface area contributed by atoms with E-state index in [0.29, 0.717) is 32.3 Å². The number of aryl methyl sites for hydroxylation is 2. The zero-order valence-corrected chi connectivity index (χ0v) is 16.6. The second-order valence-electron chi connectivity index (χ2n) is 6.56. The third-order valence-electron chi connectivity index (χ3n) is 4.78. The molecule has 9 heteroatoms. The Kier molecular flexibility index (Phi) is 4.06. The Morgan fingerprint density at radius 3 is 2.82 bits per heavy atom. The highest BCUT2D eigenvalue weighted by atomic mass is 32.1. The van der Waals surface area contributed by atoms with Crippen molar-refractivity contribution in [1.82, 2.24) is 19.7 Å². The van der Waals surface area contributed by atoms with E-state index in [9.17, 15) is 9.59 Å². The molecule has 1 amide bonds. The van der Waals surface area contributed by atoms with Crippen LogP contribution in [0.25, 0.3) is 20.8 Å². The highest BCUT2D eigenvalue weighted by Gasteiger charge is 2.24. The van der Waals surface area contributed by atoms with Crippen LogP contribution in [0, 0.1) is 6.92 Å². The van der Waals surface area contributed by atoms with E-state index in [2.05, 4.69) is 20.5 Å². The molecule has 0 bridgehead atoms. The lowest BCUT2D eigenvalue weighted by Crippen LogP contribution is -2.20. The molecule has 140 valence electrons. The van der Waals surface area contributed by atoms with E-state index in [1.807, 2.05) is 30.3 Å². The van der Waals surface area contributed by atoms with Crippen molar-refractivity contribution in [2.75, 3.05) is 5.32 Å². The molecule has 5 rings (SSSR count). The first-order valence-corrected chi connectivity index (χ1v) is 10.5. The summed E-state index contributed by atoms with van der Waals surface area (Å²) < 4.78 is 1.72. The molecule has 0 atom stereocenters. The fourth-order valence-corrected chi connectivity index (χ4v) is 5.25. The molecule has 0 aliphatic carbocycles. The van der Waals surface area contributed by atoms with Gasteiger partial charge in [-0.05, 0) is 18.9 Å². The number of aromatic nitrogens is 4. The van der Waals surface area contributed by atoms with Gasteiger partial charge < -0.3 is 0 Å². The highest BCUT2D eigenvalue weighted by molar-refractivity contribution is 7.21. The molecular formula is C19H15N5O2S2. The normalized spacial score (nSPS) is 13.0. The van der Waals surface area contributed by atoms with E-state index < -0.39 is 0 Å². The number of nitrogens with zero attached hydrogens (tertiary/aromatic N) is 4. The Bertz CT molecular complexity index is 1270. The first kappa shape index (κ1) is 17.2. The van der Waals surface area contributed by atoms with Gasteiger partial charge in [-0.2, -0.15) is 0 Å². The molecule has 3 aromatic heterocycles. The van der Waals surface area contributed by atoms with Gasteiger partial charge in [-0.15, -0.1) is 21.5 Å². The molecule has 4 aromatic rings. The van der Waals surface area contributed by atoms with Gasteiger partial charge in [-0.3, -0.25) is 19.5 Å². The average molecular weight is 409 g/mol. The van der Waals surface area contributed by atoms with E-state index in [0.717, 1.165) is 29.2 Å². The summed E-state index contributed by atoms with van der Waals surface area (Å²) in [7, 11) is 0. The fourth-order valence-electron chi connectivity index (χ4n) is 3.42. The van der Waals surface area contributed by atoms with E-state index in [1.165, 1.54) is 22.7 Å². The molecule has 1 aliphatic heterocycles. The summed E-state index contributed by atoms with van der Waals surface area (Å²) in [5, 5.41) is 12.7. The Hall–Kier alpha value is -2.91. The van der Waals surface area contributed by atoms with E-state index in [1.54, 1.807) is 11.5 Å². The number of thiophene rings is 1. The quantitative estimate of drug-likeness (QED) is 0.559. The van der Waals surface area contributed by atoms with Crippen molar-refractivity contribution in [1.29, 1.82) is 0 Å². The SMILES string of the molecule is Cc1c(C(=O)Nc2nnc(-c3ccccc3)s2)sc2nc3n(c(=O)c12)CCC3. The van der Waals surface area contributed by atoms with Crippen LogP contribution in [-0.4, -0.2) is 25.7 Å². The first-order valence-electron chi connectivity index (χ1n) is 8.85. The van der Waals surface area contributed by atoms with Crippen LogP contribution in [0.5, 0.6) is 0 Å². The Morgan fingerprint density at radius 2 is 2.00 bits per heavy atom. The van der Waals surface area contributed by atoms with Crippen LogP contribution >= 0.6 is 22.7 Å². The van der Waals surface area contributed by atoms with E-state index in [-0.39, 0.29) is 11.5 Å². The number of rotatable bonds is 3. The maximum atomic E-state index is 12.8. The van der Waals surface area contributed by atoms with Crippen molar-refractivity contribution in [2.45, 2.75) is 26.3 Å². The Balaban J connectivity index is 1.47. The molecule has 0 spiro atoms. The first-order chi connectivity index (χ1) is 13.6. The number of amides is 1. The van der Waals surface area contributed by atoms with Crippen LogP contribution in [0.4, 0.5) is 5.13 Å². The third kappa shape index (κ3) is 2.74. The average Bonchev–Trinajstić information content (AvgIpc) is 3.42. The van der Waals surface area contributed by atoms with Gasteiger partial charge in [0.05, 0.1) is 10.3 Å². The summed E-state index contributed by atoms with van der Waals surface area (Å²) >= 11 is 2.57. The zero-order valence-electron chi connectivity index (χ0n) is 14.9. The highest BCUT2D eigenvalue weighted by Crippen LogP contribution is 2.31. The van der Waals surface area contributed by atoms with E-state index >= 15 is 0 Å². The van der Waals surface area contributed by atoms with Crippen LogP contribution in [0.1, 0.15) is 27.5 Å². The third-order valence-corrected chi connectivity index (χ3v) is 6.86. The van der Waals surface area contributed by atoms with Crippen molar-refractivity contribution in [2.24, 2.45) is 0 Å². The zero-order chi connectivity index (χ0) is 19.3.